The average molecular weight is 301 g/mol. The molecular formula is C13H19NO5S. The van der Waals surface area contributed by atoms with E-state index >= 15 is 0 Å². The van der Waals surface area contributed by atoms with Gasteiger partial charge in [0.05, 0.1) is 25.7 Å². The van der Waals surface area contributed by atoms with Gasteiger partial charge < -0.3 is 14.6 Å². The normalized spacial score (nSPS) is 21.6. The van der Waals surface area contributed by atoms with Crippen LogP contribution >= 0.6 is 0 Å². The summed E-state index contributed by atoms with van der Waals surface area (Å²) in [6.45, 7) is 1.66. The summed E-state index contributed by atoms with van der Waals surface area (Å²) in [5.41, 5.74) is 0.371. The summed E-state index contributed by atoms with van der Waals surface area (Å²) in [4.78, 5) is 0.0679. The van der Waals surface area contributed by atoms with Crippen molar-refractivity contribution in [2.24, 2.45) is 5.92 Å². The molecule has 0 bridgehead atoms. The summed E-state index contributed by atoms with van der Waals surface area (Å²) in [5, 5.41) is 9.35. The first-order valence-electron chi connectivity index (χ1n) is 6.31. The first-order valence-corrected chi connectivity index (χ1v) is 7.79. The van der Waals surface area contributed by atoms with Crippen molar-refractivity contribution >= 4 is 10.0 Å². The van der Waals surface area contributed by atoms with E-state index in [9.17, 15) is 13.5 Å². The predicted octanol–water partition coefficient (Wildman–Crippen LogP) is 0.883. The third-order valence-electron chi connectivity index (χ3n) is 3.43. The molecule has 1 aliphatic carbocycles. The van der Waals surface area contributed by atoms with Crippen LogP contribution in [-0.2, 0) is 16.6 Å². The fourth-order valence-electron chi connectivity index (χ4n) is 2.04. The maximum Gasteiger partial charge on any atom is 0.240 e. The second-order valence-corrected chi connectivity index (χ2v) is 6.63. The van der Waals surface area contributed by atoms with Crippen molar-refractivity contribution in [1.82, 2.24) is 4.72 Å². The van der Waals surface area contributed by atoms with Crippen LogP contribution in [0, 0.1) is 5.92 Å². The number of aliphatic hydroxyl groups is 1. The van der Waals surface area contributed by atoms with Gasteiger partial charge in [-0.05, 0) is 18.4 Å². The standard InChI is InChI=1S/C13H19NO5S/c1-8-4-11(8)14-20(16,17)10-5-9(7-15)13(19-3)12(6-10)18-2/h5-6,8,11,14-15H,4,7H2,1-3H3. The van der Waals surface area contributed by atoms with E-state index in [1.807, 2.05) is 6.92 Å². The summed E-state index contributed by atoms with van der Waals surface area (Å²) >= 11 is 0. The summed E-state index contributed by atoms with van der Waals surface area (Å²) in [5.74, 6) is 0.985. The van der Waals surface area contributed by atoms with Crippen molar-refractivity contribution in [3.63, 3.8) is 0 Å². The van der Waals surface area contributed by atoms with Crippen LogP contribution in [0.15, 0.2) is 17.0 Å². The molecule has 0 saturated heterocycles. The Hall–Kier alpha value is -1.31. The molecule has 1 aromatic rings. The zero-order chi connectivity index (χ0) is 14.9. The van der Waals surface area contributed by atoms with E-state index in [4.69, 9.17) is 9.47 Å². The third kappa shape index (κ3) is 2.89. The molecule has 1 aromatic carbocycles. The lowest BCUT2D eigenvalue weighted by Gasteiger charge is -2.14. The monoisotopic (exact) mass is 301 g/mol. The molecule has 6 nitrogen and oxygen atoms in total. The Morgan fingerprint density at radius 3 is 2.45 bits per heavy atom. The van der Waals surface area contributed by atoms with Crippen LogP contribution in [0.1, 0.15) is 18.9 Å². The largest absolute Gasteiger partial charge is 0.493 e. The highest BCUT2D eigenvalue weighted by Gasteiger charge is 2.36. The van der Waals surface area contributed by atoms with Gasteiger partial charge in [-0.15, -0.1) is 0 Å². The molecule has 2 unspecified atom stereocenters. The zero-order valence-corrected chi connectivity index (χ0v) is 12.5. The second kappa shape index (κ2) is 5.59. The number of hydrogen-bond acceptors (Lipinski definition) is 5. The third-order valence-corrected chi connectivity index (χ3v) is 4.90. The summed E-state index contributed by atoms with van der Waals surface area (Å²) in [6, 6.07) is 2.79. The van der Waals surface area contributed by atoms with Gasteiger partial charge in [0.15, 0.2) is 11.5 Å². The molecule has 112 valence electrons. The van der Waals surface area contributed by atoms with Crippen molar-refractivity contribution in [3.8, 4) is 11.5 Å². The quantitative estimate of drug-likeness (QED) is 0.815. The molecule has 1 aliphatic rings. The van der Waals surface area contributed by atoms with Gasteiger partial charge >= 0.3 is 0 Å². The first-order chi connectivity index (χ1) is 9.42. The molecule has 1 saturated carbocycles. The molecule has 0 spiro atoms. The van der Waals surface area contributed by atoms with Crippen LogP contribution in [0.4, 0.5) is 0 Å². The number of hydrogen-bond donors (Lipinski definition) is 2. The molecule has 2 atom stereocenters. The van der Waals surface area contributed by atoms with Crippen LogP contribution in [0.2, 0.25) is 0 Å². The van der Waals surface area contributed by atoms with E-state index in [2.05, 4.69) is 4.72 Å². The minimum Gasteiger partial charge on any atom is -0.493 e. The first kappa shape index (κ1) is 15.1. The van der Waals surface area contributed by atoms with Crippen LogP contribution in [0.3, 0.4) is 0 Å². The fraction of sp³-hybridized carbons (Fsp3) is 0.538. The Labute approximate surface area is 118 Å². The number of aliphatic hydroxyl groups excluding tert-OH is 1. The van der Waals surface area contributed by atoms with Crippen LogP contribution in [0.5, 0.6) is 11.5 Å². The minimum absolute atomic E-state index is 0.00864. The van der Waals surface area contributed by atoms with Gasteiger partial charge in [0.2, 0.25) is 10.0 Å². The number of nitrogens with one attached hydrogen (secondary N) is 1. The second-order valence-electron chi connectivity index (χ2n) is 4.92. The Morgan fingerprint density at radius 2 is 2.00 bits per heavy atom. The highest BCUT2D eigenvalue weighted by molar-refractivity contribution is 7.89. The number of sulfonamides is 1. The minimum atomic E-state index is -3.62. The molecule has 0 radical (unpaired) electrons. The average Bonchev–Trinajstić information content (AvgIpc) is 3.11. The van der Waals surface area contributed by atoms with E-state index in [-0.39, 0.29) is 23.3 Å². The van der Waals surface area contributed by atoms with Crippen molar-refractivity contribution in [2.75, 3.05) is 14.2 Å². The molecule has 2 rings (SSSR count). The maximum absolute atomic E-state index is 12.3. The highest BCUT2D eigenvalue weighted by atomic mass is 32.2. The Balaban J connectivity index is 2.41. The summed E-state index contributed by atoms with van der Waals surface area (Å²) < 4.78 is 37.4. The van der Waals surface area contributed by atoms with Gasteiger partial charge in [-0.1, -0.05) is 6.92 Å². The predicted molar refractivity (Wildman–Crippen MR) is 73.4 cm³/mol. The lowest BCUT2D eigenvalue weighted by molar-refractivity contribution is 0.269. The van der Waals surface area contributed by atoms with Gasteiger partial charge in [0, 0.05) is 17.7 Å². The Kier molecular flexibility index (Phi) is 4.22. The number of rotatable bonds is 6. The van der Waals surface area contributed by atoms with E-state index < -0.39 is 10.0 Å². The summed E-state index contributed by atoms with van der Waals surface area (Å²) in [7, 11) is -0.755. The van der Waals surface area contributed by atoms with Crippen LogP contribution < -0.4 is 14.2 Å². The molecule has 0 aromatic heterocycles. The van der Waals surface area contributed by atoms with Crippen molar-refractivity contribution < 1.29 is 23.0 Å². The van der Waals surface area contributed by atoms with Crippen LogP contribution in [0.25, 0.3) is 0 Å². The topological polar surface area (TPSA) is 84.9 Å². The molecule has 2 N–H and O–H groups in total. The van der Waals surface area contributed by atoms with Gasteiger partial charge in [0.25, 0.3) is 0 Å². The van der Waals surface area contributed by atoms with Gasteiger partial charge in [-0.3, -0.25) is 0 Å². The van der Waals surface area contributed by atoms with E-state index in [1.165, 1.54) is 26.4 Å². The van der Waals surface area contributed by atoms with Gasteiger partial charge in [0.1, 0.15) is 0 Å². The molecular weight excluding hydrogens is 282 g/mol. The SMILES string of the molecule is COc1cc(S(=O)(=O)NC2CC2C)cc(CO)c1OC. The molecule has 0 heterocycles. The Morgan fingerprint density at radius 1 is 1.35 bits per heavy atom. The lowest BCUT2D eigenvalue weighted by atomic mass is 10.2. The van der Waals surface area contributed by atoms with E-state index in [0.717, 1.165) is 6.42 Å². The van der Waals surface area contributed by atoms with Crippen molar-refractivity contribution in [2.45, 2.75) is 30.9 Å². The number of benzene rings is 1. The van der Waals surface area contributed by atoms with E-state index in [1.54, 1.807) is 0 Å². The van der Waals surface area contributed by atoms with Gasteiger partial charge in [-0.2, -0.15) is 0 Å². The van der Waals surface area contributed by atoms with Crippen molar-refractivity contribution in [3.05, 3.63) is 17.7 Å². The molecule has 0 amide bonds. The molecule has 20 heavy (non-hydrogen) atoms. The number of ether oxygens (including phenoxy) is 2. The van der Waals surface area contributed by atoms with Gasteiger partial charge in [-0.25, -0.2) is 13.1 Å². The van der Waals surface area contributed by atoms with Crippen molar-refractivity contribution in [1.29, 1.82) is 0 Å². The zero-order valence-electron chi connectivity index (χ0n) is 11.7. The van der Waals surface area contributed by atoms with E-state index in [0.29, 0.717) is 17.2 Å². The maximum atomic E-state index is 12.3. The van der Waals surface area contributed by atoms with Crippen LogP contribution in [-0.4, -0.2) is 33.8 Å². The number of methoxy groups -OCH3 is 2. The highest BCUT2D eigenvalue weighted by Crippen LogP contribution is 2.35. The lowest BCUT2D eigenvalue weighted by Crippen LogP contribution is -2.27. The molecule has 7 heteroatoms. The molecule has 0 aliphatic heterocycles. The summed E-state index contributed by atoms with van der Waals surface area (Å²) in [6.07, 6.45) is 0.847. The Bertz CT molecular complexity index is 574. The fourth-order valence-corrected chi connectivity index (χ4v) is 3.46. The smallest absolute Gasteiger partial charge is 0.240 e. The molecule has 1 fully saturated rings.